The number of carbonyl (C=O) groups is 1. The Morgan fingerprint density at radius 1 is 1.43 bits per heavy atom. The fourth-order valence-electron chi connectivity index (χ4n) is 1.47. The van der Waals surface area contributed by atoms with Crippen molar-refractivity contribution in [1.29, 1.82) is 0 Å². The highest BCUT2D eigenvalue weighted by molar-refractivity contribution is 9.10. The van der Waals surface area contributed by atoms with Crippen molar-refractivity contribution in [3.63, 3.8) is 0 Å². The molecule has 1 aromatic carbocycles. The molecule has 0 radical (unpaired) electrons. The van der Waals surface area contributed by atoms with E-state index >= 15 is 0 Å². The summed E-state index contributed by atoms with van der Waals surface area (Å²) in [6, 6.07) is 4.13. The summed E-state index contributed by atoms with van der Waals surface area (Å²) in [4.78, 5) is 24.5. The van der Waals surface area contributed by atoms with Crippen LogP contribution in [0.3, 0.4) is 0 Å². The number of carboxylic acid groups (broad SMARTS) is 1. The summed E-state index contributed by atoms with van der Waals surface area (Å²) in [5.74, 6) is -2.72. The molecule has 0 unspecified atom stereocenters. The minimum Gasteiger partial charge on any atom is -0.477 e. The van der Waals surface area contributed by atoms with Crippen molar-refractivity contribution in [3.05, 3.63) is 56.4 Å². The van der Waals surface area contributed by atoms with Crippen LogP contribution in [0, 0.1) is 15.9 Å². The van der Waals surface area contributed by atoms with Gasteiger partial charge in [-0.2, -0.15) is 4.39 Å². The van der Waals surface area contributed by atoms with Gasteiger partial charge in [0.1, 0.15) is 11.3 Å². The first-order chi connectivity index (χ1) is 9.88. The van der Waals surface area contributed by atoms with Gasteiger partial charge in [0, 0.05) is 22.8 Å². The van der Waals surface area contributed by atoms with Crippen LogP contribution in [-0.2, 0) is 0 Å². The summed E-state index contributed by atoms with van der Waals surface area (Å²) >= 11 is 3.07. The van der Waals surface area contributed by atoms with E-state index in [4.69, 9.17) is 9.84 Å². The Morgan fingerprint density at radius 2 is 2.14 bits per heavy atom. The van der Waals surface area contributed by atoms with Gasteiger partial charge in [-0.15, -0.1) is 0 Å². The number of hydrogen-bond donors (Lipinski definition) is 1. The Labute approximate surface area is 125 Å². The zero-order valence-electron chi connectivity index (χ0n) is 10.1. The van der Waals surface area contributed by atoms with Gasteiger partial charge >= 0.3 is 11.7 Å². The van der Waals surface area contributed by atoms with Gasteiger partial charge < -0.3 is 9.84 Å². The monoisotopic (exact) mass is 356 g/mol. The molecule has 21 heavy (non-hydrogen) atoms. The third-order valence-electron chi connectivity index (χ3n) is 2.38. The molecule has 1 N–H and O–H groups in total. The van der Waals surface area contributed by atoms with Crippen molar-refractivity contribution in [2.45, 2.75) is 0 Å². The van der Waals surface area contributed by atoms with Crippen LogP contribution >= 0.6 is 15.9 Å². The molecule has 0 aliphatic heterocycles. The third-order valence-corrected chi connectivity index (χ3v) is 2.81. The molecule has 108 valence electrons. The maximum atomic E-state index is 13.5. The van der Waals surface area contributed by atoms with Gasteiger partial charge in [0.2, 0.25) is 11.7 Å². The number of nitro benzene ring substituents is 1. The molecular weight excluding hydrogens is 351 g/mol. The Bertz CT molecular complexity index is 738. The molecule has 0 bridgehead atoms. The molecule has 2 aromatic rings. The highest BCUT2D eigenvalue weighted by atomic mass is 79.9. The third kappa shape index (κ3) is 3.31. The molecule has 2 rings (SSSR count). The van der Waals surface area contributed by atoms with Crippen molar-refractivity contribution in [2.75, 3.05) is 0 Å². The Hall–Kier alpha value is -2.55. The average Bonchev–Trinajstić information content (AvgIpc) is 2.40. The number of hydrogen-bond acceptors (Lipinski definition) is 5. The van der Waals surface area contributed by atoms with E-state index in [9.17, 15) is 19.3 Å². The van der Waals surface area contributed by atoms with Gasteiger partial charge in [0.05, 0.1) is 4.92 Å². The van der Waals surface area contributed by atoms with Crippen LogP contribution in [0.2, 0.25) is 0 Å². The maximum Gasteiger partial charge on any atom is 0.341 e. The number of benzene rings is 1. The number of nitro groups is 1. The summed E-state index contributed by atoms with van der Waals surface area (Å²) in [6.07, 6.45) is 1.31. The van der Waals surface area contributed by atoms with E-state index in [-0.39, 0.29) is 17.2 Å². The van der Waals surface area contributed by atoms with Crippen LogP contribution in [-0.4, -0.2) is 21.0 Å². The SMILES string of the molecule is O=C(O)c1cc(Br)cnc1Oc1ccc([N+](=O)[O-])c(F)c1. The number of ether oxygens (including phenoxy) is 1. The minimum atomic E-state index is -1.28. The zero-order chi connectivity index (χ0) is 15.6. The number of aromatic carboxylic acids is 1. The van der Waals surface area contributed by atoms with Crippen molar-refractivity contribution < 1.29 is 24.0 Å². The Kier molecular flexibility index (Phi) is 4.13. The van der Waals surface area contributed by atoms with E-state index in [0.29, 0.717) is 4.47 Å². The molecule has 1 heterocycles. The van der Waals surface area contributed by atoms with E-state index in [0.717, 1.165) is 18.2 Å². The van der Waals surface area contributed by atoms with E-state index < -0.39 is 22.4 Å². The predicted octanol–water partition coefficient (Wildman–Crippen LogP) is 3.38. The van der Waals surface area contributed by atoms with E-state index in [1.54, 1.807) is 0 Å². The lowest BCUT2D eigenvalue weighted by molar-refractivity contribution is -0.387. The summed E-state index contributed by atoms with van der Waals surface area (Å²) in [7, 11) is 0. The van der Waals surface area contributed by atoms with Crippen LogP contribution in [0.15, 0.2) is 34.9 Å². The summed E-state index contributed by atoms with van der Waals surface area (Å²) in [5, 5.41) is 19.5. The van der Waals surface area contributed by atoms with Gasteiger partial charge in [-0.05, 0) is 28.1 Å². The first-order valence-corrected chi connectivity index (χ1v) is 6.18. The van der Waals surface area contributed by atoms with Crippen LogP contribution in [0.25, 0.3) is 0 Å². The lowest BCUT2D eigenvalue weighted by Crippen LogP contribution is -2.02. The molecule has 9 heteroatoms. The van der Waals surface area contributed by atoms with Crippen LogP contribution < -0.4 is 4.74 Å². The van der Waals surface area contributed by atoms with Gasteiger partial charge in [-0.1, -0.05) is 0 Å². The van der Waals surface area contributed by atoms with Crippen LogP contribution in [0.5, 0.6) is 11.6 Å². The predicted molar refractivity (Wildman–Crippen MR) is 72.0 cm³/mol. The van der Waals surface area contributed by atoms with E-state index in [2.05, 4.69) is 20.9 Å². The molecule has 0 saturated carbocycles. The summed E-state index contributed by atoms with van der Waals surface area (Å²) in [6.45, 7) is 0. The highest BCUT2D eigenvalue weighted by Crippen LogP contribution is 2.28. The minimum absolute atomic E-state index is 0.101. The summed E-state index contributed by atoms with van der Waals surface area (Å²) < 4.78 is 19.1. The largest absolute Gasteiger partial charge is 0.477 e. The Balaban J connectivity index is 2.37. The highest BCUT2D eigenvalue weighted by Gasteiger charge is 2.18. The molecule has 0 atom stereocenters. The first kappa shape index (κ1) is 14.9. The molecule has 0 fully saturated rings. The number of pyridine rings is 1. The van der Waals surface area contributed by atoms with Crippen molar-refractivity contribution >= 4 is 27.6 Å². The molecule has 1 aromatic heterocycles. The van der Waals surface area contributed by atoms with Crippen molar-refractivity contribution in [2.24, 2.45) is 0 Å². The normalized spacial score (nSPS) is 10.2. The maximum absolute atomic E-state index is 13.5. The average molecular weight is 357 g/mol. The summed E-state index contributed by atoms with van der Waals surface area (Å²) in [5.41, 5.74) is -0.937. The smallest absolute Gasteiger partial charge is 0.341 e. The number of aromatic nitrogens is 1. The second-order valence-electron chi connectivity index (χ2n) is 3.78. The van der Waals surface area contributed by atoms with E-state index in [1.165, 1.54) is 12.3 Å². The molecule has 0 saturated heterocycles. The Morgan fingerprint density at radius 3 is 2.71 bits per heavy atom. The lowest BCUT2D eigenvalue weighted by Gasteiger charge is -2.07. The second kappa shape index (κ2) is 5.83. The number of halogens is 2. The zero-order valence-corrected chi connectivity index (χ0v) is 11.7. The molecule has 0 spiro atoms. The van der Waals surface area contributed by atoms with Crippen molar-refractivity contribution in [3.8, 4) is 11.6 Å². The van der Waals surface area contributed by atoms with Gasteiger partial charge in [-0.25, -0.2) is 9.78 Å². The van der Waals surface area contributed by atoms with Gasteiger partial charge in [-0.3, -0.25) is 10.1 Å². The first-order valence-electron chi connectivity index (χ1n) is 5.39. The number of nitrogens with zero attached hydrogens (tertiary/aromatic N) is 2. The lowest BCUT2D eigenvalue weighted by atomic mass is 10.2. The van der Waals surface area contributed by atoms with Crippen molar-refractivity contribution in [1.82, 2.24) is 4.98 Å². The number of rotatable bonds is 4. The topological polar surface area (TPSA) is 103 Å². The quantitative estimate of drug-likeness (QED) is 0.665. The standard InChI is InChI=1S/C12H6BrFN2O5/c13-6-3-8(12(17)18)11(15-5-6)21-7-1-2-10(16(19)20)9(14)4-7/h1-5H,(H,17,18). The second-order valence-corrected chi connectivity index (χ2v) is 4.70. The van der Waals surface area contributed by atoms with Crippen LogP contribution in [0.1, 0.15) is 10.4 Å². The molecule has 0 aliphatic carbocycles. The molecule has 0 amide bonds. The van der Waals surface area contributed by atoms with Gasteiger partial charge in [0.25, 0.3) is 0 Å². The van der Waals surface area contributed by atoms with Gasteiger partial charge in [0.15, 0.2) is 0 Å². The fourth-order valence-corrected chi connectivity index (χ4v) is 1.80. The fraction of sp³-hybridized carbons (Fsp3) is 0. The molecule has 0 aliphatic rings. The number of carboxylic acids is 1. The molecule has 7 nitrogen and oxygen atoms in total. The molecular formula is C12H6BrFN2O5. The van der Waals surface area contributed by atoms with Crippen LogP contribution in [0.4, 0.5) is 10.1 Å². The van der Waals surface area contributed by atoms with E-state index in [1.807, 2.05) is 0 Å².